The van der Waals surface area contributed by atoms with Gasteiger partial charge in [0.15, 0.2) is 9.84 Å². The van der Waals surface area contributed by atoms with Crippen molar-refractivity contribution < 1.29 is 8.42 Å². The Morgan fingerprint density at radius 3 is 2.62 bits per heavy atom. The van der Waals surface area contributed by atoms with Crippen molar-refractivity contribution in [1.82, 2.24) is 5.32 Å². The van der Waals surface area contributed by atoms with Crippen LogP contribution in [0.25, 0.3) is 0 Å². The fourth-order valence-electron chi connectivity index (χ4n) is 3.63. The molecule has 1 heterocycles. The zero-order chi connectivity index (χ0) is 16.9. The van der Waals surface area contributed by atoms with E-state index in [0.29, 0.717) is 17.0 Å². The van der Waals surface area contributed by atoms with Crippen LogP contribution in [0.3, 0.4) is 0 Å². The largest absolute Gasteiger partial charge is 0.399 e. The fraction of sp³-hybridized carbons (Fsp3) is 0.368. The first-order valence-electron chi connectivity index (χ1n) is 8.34. The molecule has 0 saturated heterocycles. The summed E-state index contributed by atoms with van der Waals surface area (Å²) in [5, 5.41) is 2.86. The molecule has 1 fully saturated rings. The average Bonchev–Trinajstić information content (AvgIpc) is 3.31. The van der Waals surface area contributed by atoms with E-state index in [1.54, 1.807) is 18.2 Å². The van der Waals surface area contributed by atoms with Crippen molar-refractivity contribution in [3.8, 4) is 0 Å². The van der Waals surface area contributed by atoms with E-state index in [4.69, 9.17) is 5.73 Å². The number of hydrogen-bond acceptors (Lipinski definition) is 4. The van der Waals surface area contributed by atoms with E-state index in [1.807, 2.05) is 31.2 Å². The van der Waals surface area contributed by atoms with Crippen molar-refractivity contribution in [2.45, 2.75) is 48.4 Å². The van der Waals surface area contributed by atoms with Gasteiger partial charge in [-0.2, -0.15) is 0 Å². The summed E-state index contributed by atoms with van der Waals surface area (Å²) in [7, 11) is -3.45. The van der Waals surface area contributed by atoms with Crippen LogP contribution in [0.15, 0.2) is 47.4 Å². The molecule has 1 unspecified atom stereocenters. The van der Waals surface area contributed by atoms with E-state index < -0.39 is 15.2 Å². The molecule has 126 valence electrons. The lowest BCUT2D eigenvalue weighted by atomic mass is 9.99. The Morgan fingerprint density at radius 2 is 1.92 bits per heavy atom. The van der Waals surface area contributed by atoms with Crippen molar-refractivity contribution in [2.24, 2.45) is 0 Å². The molecule has 2 aliphatic rings. The lowest BCUT2D eigenvalue weighted by molar-refractivity contribution is 0.469. The minimum absolute atomic E-state index is 0.0665. The number of sulfone groups is 1. The summed E-state index contributed by atoms with van der Waals surface area (Å²) in [5.74, 6) is 0. The van der Waals surface area contributed by atoms with Crippen LogP contribution in [0, 0.1) is 6.92 Å². The minimum Gasteiger partial charge on any atom is -0.399 e. The molecule has 3 N–H and O–H groups in total. The van der Waals surface area contributed by atoms with Crippen LogP contribution in [0.4, 0.5) is 5.69 Å². The van der Waals surface area contributed by atoms with Gasteiger partial charge < -0.3 is 5.73 Å². The normalized spacial score (nSPS) is 22.0. The number of benzene rings is 2. The van der Waals surface area contributed by atoms with E-state index in [2.05, 4.69) is 5.32 Å². The van der Waals surface area contributed by atoms with Crippen molar-refractivity contribution in [3.05, 3.63) is 59.2 Å². The fourth-order valence-corrected chi connectivity index (χ4v) is 5.38. The Kier molecular flexibility index (Phi) is 3.48. The lowest BCUT2D eigenvalue weighted by Crippen LogP contribution is -2.45. The van der Waals surface area contributed by atoms with Gasteiger partial charge in [-0.1, -0.05) is 18.2 Å². The predicted molar refractivity (Wildman–Crippen MR) is 95.5 cm³/mol. The molecule has 0 amide bonds. The first kappa shape index (κ1) is 15.7. The first-order chi connectivity index (χ1) is 11.4. The van der Waals surface area contributed by atoms with Crippen LogP contribution in [-0.2, 0) is 22.7 Å². The quantitative estimate of drug-likeness (QED) is 0.823. The molecule has 1 saturated carbocycles. The third-order valence-corrected chi connectivity index (χ3v) is 7.12. The third kappa shape index (κ3) is 2.72. The Hall–Kier alpha value is -1.85. The summed E-state index contributed by atoms with van der Waals surface area (Å²) in [6.45, 7) is 1.91. The van der Waals surface area contributed by atoms with E-state index in [0.717, 1.165) is 30.4 Å². The molecule has 0 aromatic heterocycles. The van der Waals surface area contributed by atoms with Crippen LogP contribution in [0.2, 0.25) is 0 Å². The average molecular weight is 342 g/mol. The van der Waals surface area contributed by atoms with Gasteiger partial charge in [0.1, 0.15) is 5.37 Å². The number of rotatable bonds is 2. The molecule has 2 aromatic carbocycles. The van der Waals surface area contributed by atoms with Crippen LogP contribution in [-0.4, -0.2) is 19.3 Å². The SMILES string of the molecule is Cc1cccc(S(=O)(=O)C2Cc3cc(N)ccc3CC3(CC3)N2)c1. The van der Waals surface area contributed by atoms with Crippen LogP contribution < -0.4 is 11.1 Å². The Labute approximate surface area is 143 Å². The van der Waals surface area contributed by atoms with Crippen molar-refractivity contribution in [2.75, 3.05) is 5.73 Å². The number of fused-ring (bicyclic) bond motifs is 1. The monoisotopic (exact) mass is 342 g/mol. The second kappa shape index (κ2) is 5.33. The lowest BCUT2D eigenvalue weighted by Gasteiger charge is -2.22. The van der Waals surface area contributed by atoms with E-state index in [-0.39, 0.29) is 5.54 Å². The molecule has 0 bridgehead atoms. The van der Waals surface area contributed by atoms with Gasteiger partial charge in [0.05, 0.1) is 4.90 Å². The maximum Gasteiger partial charge on any atom is 0.194 e. The molecular weight excluding hydrogens is 320 g/mol. The summed E-state index contributed by atoms with van der Waals surface area (Å²) in [6.07, 6.45) is 3.38. The van der Waals surface area contributed by atoms with Gasteiger partial charge in [-0.05, 0) is 67.1 Å². The molecule has 5 heteroatoms. The molecule has 1 atom stereocenters. The van der Waals surface area contributed by atoms with Gasteiger partial charge >= 0.3 is 0 Å². The number of hydrogen-bond donors (Lipinski definition) is 2. The molecule has 4 nitrogen and oxygen atoms in total. The molecule has 1 spiro atoms. The van der Waals surface area contributed by atoms with Crippen molar-refractivity contribution >= 4 is 15.5 Å². The number of nitrogens with one attached hydrogen (secondary N) is 1. The zero-order valence-corrected chi connectivity index (χ0v) is 14.6. The minimum atomic E-state index is -3.45. The van der Waals surface area contributed by atoms with E-state index in [9.17, 15) is 8.42 Å². The maximum absolute atomic E-state index is 13.2. The Balaban J connectivity index is 1.77. The molecule has 4 rings (SSSR count). The van der Waals surface area contributed by atoms with E-state index in [1.165, 1.54) is 5.56 Å². The van der Waals surface area contributed by atoms with Crippen LogP contribution in [0.5, 0.6) is 0 Å². The van der Waals surface area contributed by atoms with E-state index >= 15 is 0 Å². The van der Waals surface area contributed by atoms with Crippen LogP contribution in [0.1, 0.15) is 29.5 Å². The molecule has 24 heavy (non-hydrogen) atoms. The second-order valence-electron chi connectivity index (χ2n) is 7.18. The third-order valence-electron chi connectivity index (χ3n) is 5.18. The topological polar surface area (TPSA) is 72.2 Å². The highest BCUT2D eigenvalue weighted by Crippen LogP contribution is 2.43. The first-order valence-corrected chi connectivity index (χ1v) is 9.88. The highest BCUT2D eigenvalue weighted by molar-refractivity contribution is 7.92. The summed E-state index contributed by atoms with van der Waals surface area (Å²) in [4.78, 5) is 0.392. The van der Waals surface area contributed by atoms with Gasteiger partial charge in [0.2, 0.25) is 0 Å². The maximum atomic E-state index is 13.2. The van der Waals surface area contributed by atoms with Crippen molar-refractivity contribution in [3.63, 3.8) is 0 Å². The molecule has 1 aliphatic heterocycles. The second-order valence-corrected chi connectivity index (χ2v) is 9.31. The zero-order valence-electron chi connectivity index (χ0n) is 13.7. The van der Waals surface area contributed by atoms with Crippen molar-refractivity contribution in [1.29, 1.82) is 0 Å². The molecule has 1 aliphatic carbocycles. The predicted octanol–water partition coefficient (Wildman–Crippen LogP) is 2.60. The smallest absolute Gasteiger partial charge is 0.194 e. The highest BCUT2D eigenvalue weighted by atomic mass is 32.2. The van der Waals surface area contributed by atoms with Gasteiger partial charge in [-0.25, -0.2) is 8.42 Å². The summed E-state index contributed by atoms with van der Waals surface area (Å²) in [5.41, 5.74) is 9.77. The number of nitrogens with two attached hydrogens (primary N) is 1. The standard InChI is InChI=1S/C19H22N2O2S/c1-13-3-2-4-17(9-13)24(22,23)18-11-15-10-16(20)6-5-14(15)12-19(21-18)7-8-19/h2-6,9-10,18,21H,7-8,11-12,20H2,1H3. The molecular formula is C19H22N2O2S. The Bertz CT molecular complexity index is 901. The summed E-state index contributed by atoms with van der Waals surface area (Å²) in [6, 6.07) is 13.0. The van der Waals surface area contributed by atoms with Gasteiger partial charge in [-0.15, -0.1) is 0 Å². The molecule has 2 aromatic rings. The number of nitrogen functional groups attached to an aromatic ring is 1. The summed E-state index contributed by atoms with van der Waals surface area (Å²) >= 11 is 0. The number of anilines is 1. The highest BCUT2D eigenvalue weighted by Gasteiger charge is 2.48. The molecule has 0 radical (unpaired) electrons. The van der Waals surface area contributed by atoms with Crippen LogP contribution >= 0.6 is 0 Å². The van der Waals surface area contributed by atoms with Gasteiger partial charge in [0.25, 0.3) is 0 Å². The van der Waals surface area contributed by atoms with Gasteiger partial charge in [0, 0.05) is 17.6 Å². The summed E-state index contributed by atoms with van der Waals surface area (Å²) < 4.78 is 26.4. The van der Waals surface area contributed by atoms with Gasteiger partial charge in [-0.3, -0.25) is 5.32 Å². The Morgan fingerprint density at radius 1 is 1.12 bits per heavy atom. The number of aryl methyl sites for hydroxylation is 1.